The van der Waals surface area contributed by atoms with Crippen molar-refractivity contribution in [3.05, 3.63) is 0 Å². The molecule has 1 heterocycles. The second kappa shape index (κ2) is 5.02. The largest absolute Gasteiger partial charge is 0.394 e. The molecule has 0 aliphatic carbocycles. The molecule has 0 aromatic heterocycles. The van der Waals surface area contributed by atoms with Crippen LogP contribution in [-0.2, 0) is 4.79 Å². The van der Waals surface area contributed by atoms with E-state index in [1.54, 1.807) is 0 Å². The Labute approximate surface area is 105 Å². The van der Waals surface area contributed by atoms with Crippen LogP contribution < -0.4 is 5.73 Å². The molecule has 2 atom stereocenters. The molecule has 17 heavy (non-hydrogen) atoms. The zero-order valence-electron chi connectivity index (χ0n) is 10.0. The number of likely N-dealkylation sites (tertiary alicyclic amines) is 1. The summed E-state index contributed by atoms with van der Waals surface area (Å²) in [6.45, 7) is 4.49. The van der Waals surface area contributed by atoms with Crippen molar-refractivity contribution in [3.8, 4) is 0 Å². The van der Waals surface area contributed by atoms with Gasteiger partial charge >= 0.3 is 6.18 Å². The average molecular weight is 275 g/mol. The van der Waals surface area contributed by atoms with Crippen molar-refractivity contribution in [2.45, 2.75) is 44.9 Å². The zero-order valence-corrected chi connectivity index (χ0v) is 10.9. The van der Waals surface area contributed by atoms with E-state index in [0.717, 1.165) is 0 Å². The van der Waals surface area contributed by atoms with Crippen LogP contribution in [0.25, 0.3) is 0 Å². The summed E-state index contributed by atoms with van der Waals surface area (Å²) in [6, 6.07) is -0.758. The van der Waals surface area contributed by atoms with Gasteiger partial charge in [-0.25, -0.2) is 0 Å². The lowest BCUT2D eigenvalue weighted by Crippen LogP contribution is -2.53. The molecule has 0 spiro atoms. The fourth-order valence-electron chi connectivity index (χ4n) is 2.29. The first-order valence-corrected chi connectivity index (χ1v) is 5.22. The second-order valence-electron chi connectivity index (χ2n) is 4.82. The molecule has 1 amide bonds. The molecule has 1 rings (SSSR count). The van der Waals surface area contributed by atoms with Gasteiger partial charge in [-0.1, -0.05) is 0 Å². The molecular weight excluding hydrogens is 257 g/mol. The molecule has 2 N–H and O–H groups in total. The first-order valence-electron chi connectivity index (χ1n) is 5.22. The molecule has 102 valence electrons. The van der Waals surface area contributed by atoms with E-state index in [0.29, 0.717) is 0 Å². The van der Waals surface area contributed by atoms with Gasteiger partial charge in [-0.15, -0.1) is 12.4 Å². The van der Waals surface area contributed by atoms with Crippen molar-refractivity contribution in [3.63, 3.8) is 0 Å². The summed E-state index contributed by atoms with van der Waals surface area (Å²) in [4.78, 5) is 12.9. The van der Waals surface area contributed by atoms with Gasteiger partial charge in [-0.2, -0.15) is 13.2 Å². The standard InChI is InChI=1S/C10H17F3N2O.ClH/c1-6(14)8(16)15-5-4-7(9(15,2)3)10(11,12)13;/h6-7H,4-5,14H2,1-3H3;1H/t6-,7?;/m0./s1. The molecule has 1 aliphatic heterocycles. The maximum atomic E-state index is 12.7. The van der Waals surface area contributed by atoms with Crippen molar-refractivity contribution < 1.29 is 18.0 Å². The van der Waals surface area contributed by atoms with Crippen molar-refractivity contribution in [1.82, 2.24) is 4.90 Å². The third-order valence-corrected chi connectivity index (χ3v) is 3.24. The highest BCUT2D eigenvalue weighted by molar-refractivity contribution is 5.85. The first kappa shape index (κ1) is 16.5. The van der Waals surface area contributed by atoms with Crippen molar-refractivity contribution in [2.24, 2.45) is 11.7 Å². The number of nitrogens with two attached hydrogens (primary N) is 1. The van der Waals surface area contributed by atoms with Gasteiger partial charge in [-0.05, 0) is 27.2 Å². The topological polar surface area (TPSA) is 46.3 Å². The van der Waals surface area contributed by atoms with Crippen LogP contribution in [0.1, 0.15) is 27.2 Å². The lowest BCUT2D eigenvalue weighted by Gasteiger charge is -2.37. The molecular formula is C10H18ClF3N2O. The minimum absolute atomic E-state index is 0. The molecule has 1 saturated heterocycles. The number of rotatable bonds is 1. The van der Waals surface area contributed by atoms with Gasteiger partial charge in [-0.3, -0.25) is 4.79 Å². The monoisotopic (exact) mass is 274 g/mol. The first-order chi connectivity index (χ1) is 7.08. The van der Waals surface area contributed by atoms with E-state index in [-0.39, 0.29) is 25.4 Å². The SMILES string of the molecule is C[C@H](N)C(=O)N1CCC(C(F)(F)F)C1(C)C.Cl. The van der Waals surface area contributed by atoms with Crippen LogP contribution in [0.4, 0.5) is 13.2 Å². The smallest absolute Gasteiger partial charge is 0.336 e. The predicted octanol–water partition coefficient (Wildman–Crippen LogP) is 1.94. The molecule has 1 fully saturated rings. The Morgan fingerprint density at radius 2 is 1.94 bits per heavy atom. The summed E-state index contributed by atoms with van der Waals surface area (Å²) in [7, 11) is 0. The Bertz CT molecular complexity index is 292. The van der Waals surface area contributed by atoms with Gasteiger partial charge in [0, 0.05) is 12.1 Å². The summed E-state index contributed by atoms with van der Waals surface area (Å²) in [5.74, 6) is -1.89. The van der Waals surface area contributed by atoms with Crippen molar-refractivity contribution in [2.75, 3.05) is 6.54 Å². The lowest BCUT2D eigenvalue weighted by molar-refractivity contribution is -0.192. The van der Waals surface area contributed by atoms with Crippen LogP contribution in [-0.4, -0.2) is 35.1 Å². The second-order valence-corrected chi connectivity index (χ2v) is 4.82. The van der Waals surface area contributed by atoms with Crippen molar-refractivity contribution in [1.29, 1.82) is 0 Å². The molecule has 0 aromatic carbocycles. The number of hydrogen-bond donors (Lipinski definition) is 1. The normalized spacial score (nSPS) is 25.4. The minimum atomic E-state index is -4.27. The zero-order chi connectivity index (χ0) is 12.7. The van der Waals surface area contributed by atoms with Gasteiger partial charge in [0.25, 0.3) is 0 Å². The Morgan fingerprint density at radius 1 is 1.47 bits per heavy atom. The number of nitrogens with zero attached hydrogens (tertiary/aromatic N) is 1. The summed E-state index contributed by atoms with van der Waals surface area (Å²) < 4.78 is 38.2. The van der Waals surface area contributed by atoms with Crippen LogP contribution in [0.3, 0.4) is 0 Å². The van der Waals surface area contributed by atoms with Crippen LogP contribution in [0.5, 0.6) is 0 Å². The minimum Gasteiger partial charge on any atom is -0.336 e. The highest BCUT2D eigenvalue weighted by Crippen LogP contribution is 2.44. The summed E-state index contributed by atoms with van der Waals surface area (Å²) in [6.07, 6.45) is -4.31. The van der Waals surface area contributed by atoms with E-state index >= 15 is 0 Å². The molecule has 1 unspecified atom stereocenters. The molecule has 7 heteroatoms. The van der Waals surface area contributed by atoms with E-state index in [2.05, 4.69) is 0 Å². The Balaban J connectivity index is 0.00000256. The maximum absolute atomic E-state index is 12.7. The molecule has 0 saturated carbocycles. The third-order valence-electron chi connectivity index (χ3n) is 3.24. The maximum Gasteiger partial charge on any atom is 0.394 e. The third kappa shape index (κ3) is 3.04. The van der Waals surface area contributed by atoms with E-state index in [9.17, 15) is 18.0 Å². The van der Waals surface area contributed by atoms with E-state index in [4.69, 9.17) is 5.73 Å². The molecule has 3 nitrogen and oxygen atoms in total. The predicted molar refractivity (Wildman–Crippen MR) is 60.9 cm³/mol. The Morgan fingerprint density at radius 3 is 2.24 bits per heavy atom. The number of halogens is 4. The van der Waals surface area contributed by atoms with Gasteiger partial charge < -0.3 is 10.6 Å². The quantitative estimate of drug-likeness (QED) is 0.794. The number of carbonyl (C=O) groups excluding carboxylic acids is 1. The van der Waals surface area contributed by atoms with Crippen LogP contribution in [0, 0.1) is 5.92 Å². The summed E-state index contributed by atoms with van der Waals surface area (Å²) >= 11 is 0. The Hall–Kier alpha value is -0.490. The van der Waals surface area contributed by atoms with E-state index in [1.807, 2.05) is 0 Å². The van der Waals surface area contributed by atoms with Crippen LogP contribution >= 0.6 is 12.4 Å². The van der Waals surface area contributed by atoms with Gasteiger partial charge in [0.05, 0.1) is 12.0 Å². The van der Waals surface area contributed by atoms with Gasteiger partial charge in [0.1, 0.15) is 0 Å². The molecule has 0 aromatic rings. The highest BCUT2D eigenvalue weighted by Gasteiger charge is 2.56. The van der Waals surface area contributed by atoms with Gasteiger partial charge in [0.2, 0.25) is 5.91 Å². The number of alkyl halides is 3. The van der Waals surface area contributed by atoms with E-state index in [1.165, 1.54) is 25.7 Å². The van der Waals surface area contributed by atoms with Gasteiger partial charge in [0.15, 0.2) is 0 Å². The fraction of sp³-hybridized carbons (Fsp3) is 0.900. The summed E-state index contributed by atoms with van der Waals surface area (Å²) in [5, 5.41) is 0. The number of hydrogen-bond acceptors (Lipinski definition) is 2. The average Bonchev–Trinajstić information content (AvgIpc) is 2.38. The highest BCUT2D eigenvalue weighted by atomic mass is 35.5. The molecule has 1 aliphatic rings. The molecule has 0 bridgehead atoms. The molecule has 0 radical (unpaired) electrons. The number of amides is 1. The van der Waals surface area contributed by atoms with Crippen molar-refractivity contribution >= 4 is 18.3 Å². The summed E-state index contributed by atoms with van der Waals surface area (Å²) in [5.41, 5.74) is 4.21. The van der Waals surface area contributed by atoms with Crippen LogP contribution in [0.2, 0.25) is 0 Å². The lowest BCUT2D eigenvalue weighted by atomic mass is 9.87. The Kier molecular flexibility index (Phi) is 4.87. The van der Waals surface area contributed by atoms with Crippen LogP contribution in [0.15, 0.2) is 0 Å². The fourth-order valence-corrected chi connectivity index (χ4v) is 2.29. The van der Waals surface area contributed by atoms with E-state index < -0.39 is 29.6 Å². The number of carbonyl (C=O) groups is 1.